The van der Waals surface area contributed by atoms with Gasteiger partial charge in [0.05, 0.1) is 28.8 Å². The van der Waals surface area contributed by atoms with Crippen LogP contribution < -0.4 is 4.74 Å². The number of nitriles is 1. The van der Waals surface area contributed by atoms with Gasteiger partial charge in [0.2, 0.25) is 0 Å². The molecule has 0 fully saturated rings. The molecule has 0 aromatic heterocycles. The number of rotatable bonds is 5. The summed E-state index contributed by atoms with van der Waals surface area (Å²) < 4.78 is 7.99. The first kappa shape index (κ1) is 21.4. The average Bonchev–Trinajstić information content (AvgIpc) is 2.68. The van der Waals surface area contributed by atoms with Gasteiger partial charge in [-0.15, -0.1) is 0 Å². The maximum absolute atomic E-state index is 9.58. The minimum atomic E-state index is 0.425. The van der Waals surface area contributed by atoms with E-state index in [-0.39, 0.29) is 0 Å². The van der Waals surface area contributed by atoms with E-state index in [0.717, 1.165) is 29.6 Å². The van der Waals surface area contributed by atoms with E-state index >= 15 is 0 Å². The molecular weight excluding hydrogens is 619 g/mol. The van der Waals surface area contributed by atoms with Crippen LogP contribution in [0.3, 0.4) is 0 Å². The smallest absolute Gasteiger partial charge is 0.146 e. The van der Waals surface area contributed by atoms with Crippen LogP contribution in [0.4, 0.5) is 0 Å². The van der Waals surface area contributed by atoms with Crippen LogP contribution in [0.25, 0.3) is 11.6 Å². The predicted octanol–water partition coefficient (Wildman–Crippen LogP) is 7.85. The third-order valence-corrected chi connectivity index (χ3v) is 6.25. The molecule has 28 heavy (non-hydrogen) atoms. The minimum absolute atomic E-state index is 0.425. The van der Waals surface area contributed by atoms with E-state index in [1.165, 1.54) is 0 Å². The number of halogens is 4. The Kier molecular flexibility index (Phi) is 7.63. The van der Waals surface area contributed by atoms with Crippen molar-refractivity contribution in [1.82, 2.24) is 0 Å². The third kappa shape index (κ3) is 5.41. The molecule has 0 spiro atoms. The lowest BCUT2D eigenvalue weighted by Gasteiger charge is -2.12. The summed E-state index contributed by atoms with van der Waals surface area (Å²) in [7, 11) is 0. The van der Waals surface area contributed by atoms with Gasteiger partial charge in [-0.05, 0) is 92.2 Å². The summed E-state index contributed by atoms with van der Waals surface area (Å²) in [4.78, 5) is 0. The fourth-order valence-corrected chi connectivity index (χ4v) is 4.97. The molecule has 0 saturated heterocycles. The van der Waals surface area contributed by atoms with Crippen LogP contribution in [-0.2, 0) is 6.61 Å². The first-order valence-corrected chi connectivity index (χ1v) is 11.1. The van der Waals surface area contributed by atoms with Crippen molar-refractivity contribution >= 4 is 80.0 Å². The molecule has 0 aliphatic heterocycles. The van der Waals surface area contributed by atoms with E-state index in [1.54, 1.807) is 18.2 Å². The molecule has 0 heterocycles. The first-order valence-electron chi connectivity index (χ1n) is 8.21. The van der Waals surface area contributed by atoms with Gasteiger partial charge >= 0.3 is 0 Å². The Hall–Kier alpha value is -1.27. The number of allylic oxidation sites excluding steroid dienone is 1. The number of hydrogen-bond donors (Lipinski definition) is 0. The summed E-state index contributed by atoms with van der Waals surface area (Å²) in [6.45, 7) is 0.509. The van der Waals surface area contributed by atoms with Gasteiger partial charge in [-0.3, -0.25) is 0 Å². The molecule has 0 radical (unpaired) electrons. The minimum Gasteiger partial charge on any atom is -0.487 e. The molecule has 2 nitrogen and oxygen atoms in total. The predicted molar refractivity (Wildman–Crippen MR) is 133 cm³/mol. The Morgan fingerprint density at radius 1 is 0.964 bits per heavy atom. The Balaban J connectivity index is 1.87. The Morgan fingerprint density at radius 2 is 1.64 bits per heavy atom. The standard InChI is InChI=1S/C22H13Cl2I2NO/c23-18-7-6-16(11-19(18)24)17(12-27)8-15-9-20(25)22(21(26)10-15)28-13-14-4-2-1-3-5-14/h1-11H,13H2/b17-8-. The highest BCUT2D eigenvalue weighted by molar-refractivity contribution is 14.1. The second-order valence-corrected chi connectivity index (χ2v) is 9.03. The Bertz CT molecular complexity index is 1050. The normalized spacial score (nSPS) is 11.2. The van der Waals surface area contributed by atoms with Gasteiger partial charge in [0, 0.05) is 0 Å². The molecule has 0 atom stereocenters. The van der Waals surface area contributed by atoms with Crippen molar-refractivity contribution < 1.29 is 4.74 Å². The zero-order valence-corrected chi connectivity index (χ0v) is 20.3. The fraction of sp³-hybridized carbons (Fsp3) is 0.0455. The van der Waals surface area contributed by atoms with Crippen LogP contribution in [0, 0.1) is 18.5 Å². The second kappa shape index (κ2) is 9.97. The molecule has 3 aromatic rings. The lowest BCUT2D eigenvalue weighted by molar-refractivity contribution is 0.302. The first-order chi connectivity index (χ1) is 13.5. The van der Waals surface area contributed by atoms with Crippen LogP contribution in [0.2, 0.25) is 10.0 Å². The maximum Gasteiger partial charge on any atom is 0.146 e. The van der Waals surface area contributed by atoms with Crippen LogP contribution in [0.5, 0.6) is 5.75 Å². The summed E-state index contributed by atoms with van der Waals surface area (Å²) in [5.74, 6) is 0.843. The van der Waals surface area contributed by atoms with Crippen LogP contribution in [0.15, 0.2) is 60.7 Å². The quantitative estimate of drug-likeness (QED) is 0.163. The molecule has 0 bridgehead atoms. The van der Waals surface area contributed by atoms with Crippen LogP contribution in [-0.4, -0.2) is 0 Å². The number of hydrogen-bond acceptors (Lipinski definition) is 2. The SMILES string of the molecule is N#C/C(=C/c1cc(I)c(OCc2ccccc2)c(I)c1)c1ccc(Cl)c(Cl)c1. The molecule has 6 heteroatoms. The van der Waals surface area contributed by atoms with Crippen molar-refractivity contribution in [3.8, 4) is 11.8 Å². The number of ether oxygens (including phenoxy) is 1. The highest BCUT2D eigenvalue weighted by atomic mass is 127. The van der Waals surface area contributed by atoms with Gasteiger partial charge in [-0.1, -0.05) is 59.6 Å². The van der Waals surface area contributed by atoms with E-state index < -0.39 is 0 Å². The van der Waals surface area contributed by atoms with Crippen molar-refractivity contribution in [3.05, 3.63) is 94.5 Å². The summed E-state index contributed by atoms with van der Waals surface area (Å²) >= 11 is 16.6. The molecule has 3 aromatic carbocycles. The van der Waals surface area contributed by atoms with E-state index in [1.807, 2.05) is 48.5 Å². The molecule has 0 aliphatic rings. The van der Waals surface area contributed by atoms with Gasteiger partial charge in [0.1, 0.15) is 12.4 Å². The van der Waals surface area contributed by atoms with Crippen LogP contribution >= 0.6 is 68.4 Å². The highest BCUT2D eigenvalue weighted by Crippen LogP contribution is 2.32. The van der Waals surface area contributed by atoms with Gasteiger partial charge in [0.25, 0.3) is 0 Å². The molecule has 140 valence electrons. The lowest BCUT2D eigenvalue weighted by atomic mass is 10.0. The van der Waals surface area contributed by atoms with Gasteiger partial charge < -0.3 is 4.74 Å². The Labute approximate surface area is 201 Å². The molecule has 3 rings (SSSR count). The summed E-state index contributed by atoms with van der Waals surface area (Å²) in [6, 6.07) is 21.5. The van der Waals surface area contributed by atoms with E-state index in [9.17, 15) is 5.26 Å². The van der Waals surface area contributed by atoms with Crippen molar-refractivity contribution in [3.63, 3.8) is 0 Å². The average molecular weight is 632 g/mol. The van der Waals surface area contributed by atoms with E-state index in [4.69, 9.17) is 27.9 Å². The second-order valence-electron chi connectivity index (χ2n) is 5.89. The monoisotopic (exact) mass is 631 g/mol. The number of nitrogens with zero attached hydrogens (tertiary/aromatic N) is 1. The molecular formula is C22H13Cl2I2NO. The molecule has 0 amide bonds. The van der Waals surface area contributed by atoms with Crippen molar-refractivity contribution in [2.24, 2.45) is 0 Å². The Morgan fingerprint density at radius 3 is 2.25 bits per heavy atom. The molecule has 0 aliphatic carbocycles. The number of benzene rings is 3. The summed E-state index contributed by atoms with van der Waals surface area (Å²) in [6.07, 6.45) is 1.84. The largest absolute Gasteiger partial charge is 0.487 e. The zero-order chi connectivity index (χ0) is 20.1. The molecule has 0 saturated carbocycles. The third-order valence-electron chi connectivity index (χ3n) is 3.91. The molecule has 0 unspecified atom stereocenters. The van der Waals surface area contributed by atoms with Crippen molar-refractivity contribution in [1.29, 1.82) is 5.26 Å². The van der Waals surface area contributed by atoms with Crippen molar-refractivity contribution in [2.75, 3.05) is 0 Å². The zero-order valence-electron chi connectivity index (χ0n) is 14.4. The lowest BCUT2D eigenvalue weighted by Crippen LogP contribution is -1.99. The molecule has 0 N–H and O–H groups in total. The van der Waals surface area contributed by atoms with Crippen LogP contribution in [0.1, 0.15) is 16.7 Å². The van der Waals surface area contributed by atoms with Gasteiger partial charge in [-0.25, -0.2) is 0 Å². The summed E-state index contributed by atoms with van der Waals surface area (Å²) in [5, 5.41) is 10.5. The van der Waals surface area contributed by atoms with Gasteiger partial charge in [0.15, 0.2) is 0 Å². The van der Waals surface area contributed by atoms with E-state index in [0.29, 0.717) is 22.2 Å². The summed E-state index contributed by atoms with van der Waals surface area (Å²) in [5.41, 5.74) is 3.28. The topological polar surface area (TPSA) is 33.0 Å². The van der Waals surface area contributed by atoms with Gasteiger partial charge in [-0.2, -0.15) is 5.26 Å². The maximum atomic E-state index is 9.58. The van der Waals surface area contributed by atoms with E-state index in [2.05, 4.69) is 51.3 Å². The van der Waals surface area contributed by atoms with Crippen molar-refractivity contribution in [2.45, 2.75) is 6.61 Å². The highest BCUT2D eigenvalue weighted by Gasteiger charge is 2.10. The fourth-order valence-electron chi connectivity index (χ4n) is 2.54.